The van der Waals surface area contributed by atoms with E-state index in [0.29, 0.717) is 3.63 Å². The van der Waals surface area contributed by atoms with E-state index in [1.165, 1.54) is 23.6 Å². The molecule has 0 amide bonds. The van der Waals surface area contributed by atoms with Crippen LogP contribution in [0.2, 0.25) is 38.8 Å². The number of hydrogen-bond donors (Lipinski definition) is 0. The van der Waals surface area contributed by atoms with Crippen molar-refractivity contribution in [3.8, 4) is 11.1 Å². The van der Waals surface area contributed by atoms with Crippen molar-refractivity contribution in [1.82, 2.24) is 0 Å². The molecule has 0 saturated heterocycles. The fourth-order valence-corrected chi connectivity index (χ4v) is 20.2. The molecule has 1 nitrogen and oxygen atoms in total. The second-order valence-corrected chi connectivity index (χ2v) is 27.8. The molecular weight excluding hydrogens is 571 g/mol. The number of hydrogen-bond acceptors (Lipinski definition) is 1. The van der Waals surface area contributed by atoms with Crippen molar-refractivity contribution in [2.24, 2.45) is 0 Å². The first-order valence-corrected chi connectivity index (χ1v) is 22.5. The molecule has 0 heterocycles. The molecule has 0 spiro atoms. The summed E-state index contributed by atoms with van der Waals surface area (Å²) in [6.45, 7) is 17.9. The Kier molecular flexibility index (Phi) is 10.4. The van der Waals surface area contributed by atoms with Crippen molar-refractivity contribution in [2.75, 3.05) is 6.61 Å². The predicted octanol–water partition coefficient (Wildman–Crippen LogP) is 1.91. The molecule has 2 aliphatic rings. The van der Waals surface area contributed by atoms with E-state index in [1.807, 2.05) is 3.28 Å². The molecule has 0 atom stereocenters. The normalized spacial score (nSPS) is 14.6. The van der Waals surface area contributed by atoms with Gasteiger partial charge >= 0.3 is 206 Å². The molecule has 0 radical (unpaired) electrons. The Bertz CT molecular complexity index is 1080. The van der Waals surface area contributed by atoms with Crippen molar-refractivity contribution < 1.29 is 50.5 Å². The first-order valence-electron chi connectivity index (χ1n) is 12.0. The third kappa shape index (κ3) is 6.13. The van der Waals surface area contributed by atoms with Crippen LogP contribution >= 0.6 is 0 Å². The van der Waals surface area contributed by atoms with E-state index >= 15 is 0 Å². The third-order valence-electron chi connectivity index (χ3n) is 6.91. The van der Waals surface area contributed by atoms with Gasteiger partial charge in [-0.05, 0) is 0 Å². The molecule has 2 aromatic carbocycles. The molecule has 6 heteroatoms. The van der Waals surface area contributed by atoms with E-state index in [9.17, 15) is 0 Å². The van der Waals surface area contributed by atoms with E-state index in [-0.39, 0.29) is 24.8 Å². The van der Waals surface area contributed by atoms with Crippen LogP contribution in [0.1, 0.15) is 35.0 Å². The Hall–Kier alpha value is -0.353. The standard InChI is InChI=1S/C13H9.C12H23OSi2.C3H6.2ClH.Zr/c1-3-7-12-10(5-1)9-11-6-2-4-8-13(11)12;1-14(2,3)13-10-11-15(4,5)12-8-6-7-9-12;1-3-2;;;/h1-9H;6,8H,7,10-11H2,1-5H3;1-2H3;2*1H;/q;;;;;+2/p-2. The molecule has 182 valence electrons. The quantitative estimate of drug-likeness (QED) is 0.437. The van der Waals surface area contributed by atoms with Gasteiger partial charge in [-0.25, -0.2) is 0 Å². The molecule has 0 saturated carbocycles. The van der Waals surface area contributed by atoms with Crippen LogP contribution in [0.4, 0.5) is 0 Å². The smallest absolute Gasteiger partial charge is 1.00 e. The molecule has 2 aromatic rings. The first kappa shape index (κ1) is 29.9. The van der Waals surface area contributed by atoms with Crippen molar-refractivity contribution in [3.63, 3.8) is 0 Å². The van der Waals surface area contributed by atoms with E-state index in [4.69, 9.17) is 4.43 Å². The molecule has 2 aliphatic carbocycles. The average Bonchev–Trinajstić information content (AvgIpc) is 3.32. The van der Waals surface area contributed by atoms with Crippen molar-refractivity contribution in [2.45, 2.75) is 62.7 Å². The van der Waals surface area contributed by atoms with Gasteiger partial charge in [0.05, 0.1) is 0 Å². The minimum absolute atomic E-state index is 0. The molecule has 0 aromatic heterocycles. The fraction of sp³-hybridized carbons (Fsp3) is 0.393. The summed E-state index contributed by atoms with van der Waals surface area (Å²) in [7, 11) is -3.01. The molecule has 4 rings (SSSR count). The zero-order valence-electron chi connectivity index (χ0n) is 21.6. The van der Waals surface area contributed by atoms with Gasteiger partial charge in [-0.3, -0.25) is 0 Å². The summed E-state index contributed by atoms with van der Waals surface area (Å²) in [5, 5.41) is 1.76. The minimum atomic E-state index is -2.14. The zero-order chi connectivity index (χ0) is 23.1. The van der Waals surface area contributed by atoms with Gasteiger partial charge in [0.15, 0.2) is 0 Å². The number of fused-ring (bicyclic) bond motifs is 3. The summed E-state index contributed by atoms with van der Waals surface area (Å²) < 4.78 is 10.5. The van der Waals surface area contributed by atoms with Crippen LogP contribution in [-0.4, -0.2) is 26.2 Å². The average molecular weight is 609 g/mol. The van der Waals surface area contributed by atoms with E-state index in [0.717, 1.165) is 6.61 Å². The summed E-state index contributed by atoms with van der Waals surface area (Å²) >= 11 is -2.14. The topological polar surface area (TPSA) is 9.23 Å². The largest absolute Gasteiger partial charge is 1.00 e. The Morgan fingerprint density at radius 3 is 1.91 bits per heavy atom. The van der Waals surface area contributed by atoms with Gasteiger partial charge in [-0.15, -0.1) is 0 Å². The number of allylic oxidation sites excluding steroid dienone is 4. The molecule has 0 bridgehead atoms. The summed E-state index contributed by atoms with van der Waals surface area (Å²) in [6.07, 6.45) is 6.17. The Morgan fingerprint density at radius 2 is 1.41 bits per heavy atom. The van der Waals surface area contributed by atoms with Crippen molar-refractivity contribution >= 4 is 19.6 Å². The zero-order valence-corrected chi connectivity index (χ0v) is 27.6. The van der Waals surface area contributed by atoms with Crippen LogP contribution in [0.25, 0.3) is 11.1 Å². The van der Waals surface area contributed by atoms with Crippen LogP contribution in [0.15, 0.2) is 69.2 Å². The molecule has 0 N–H and O–H groups in total. The summed E-state index contributed by atoms with van der Waals surface area (Å²) in [5.41, 5.74) is 6.12. The van der Waals surface area contributed by atoms with E-state index in [2.05, 4.69) is 107 Å². The van der Waals surface area contributed by atoms with Crippen LogP contribution in [0.3, 0.4) is 0 Å². The van der Waals surface area contributed by atoms with Crippen molar-refractivity contribution in [1.29, 1.82) is 0 Å². The number of halogens is 2. The van der Waals surface area contributed by atoms with Crippen LogP contribution in [-0.2, 0) is 25.7 Å². The van der Waals surface area contributed by atoms with Gasteiger partial charge in [0.25, 0.3) is 0 Å². The summed E-state index contributed by atoms with van der Waals surface area (Å²) in [6, 6.07) is 19.7. The van der Waals surface area contributed by atoms with Gasteiger partial charge in [-0.2, -0.15) is 0 Å². The van der Waals surface area contributed by atoms with Crippen molar-refractivity contribution in [3.05, 3.63) is 80.3 Å². The van der Waals surface area contributed by atoms with Gasteiger partial charge in [0.2, 0.25) is 0 Å². The Morgan fingerprint density at radius 1 is 0.882 bits per heavy atom. The van der Waals surface area contributed by atoms with Gasteiger partial charge in [-0.1, -0.05) is 0 Å². The first-order chi connectivity index (χ1) is 15.1. The fourth-order valence-electron chi connectivity index (χ4n) is 5.37. The Labute approximate surface area is 229 Å². The Balaban J connectivity index is 0.00000204. The second-order valence-electron chi connectivity index (χ2n) is 11.1. The third-order valence-corrected chi connectivity index (χ3v) is 20.3. The molecule has 34 heavy (non-hydrogen) atoms. The minimum Gasteiger partial charge on any atom is -1.00 e. The summed E-state index contributed by atoms with van der Waals surface area (Å²) in [4.78, 5) is 0. The number of benzene rings is 2. The SMILES string of the molecule is C[C](C)=[Zr+2]([C]1=C([Si](C)(C)CCO[Si](C)(C)C)C=CC1)[CH]1c2ccccc2-c2ccccc21.[Cl-].[Cl-]. The van der Waals surface area contributed by atoms with Gasteiger partial charge in [0, 0.05) is 0 Å². The van der Waals surface area contributed by atoms with Gasteiger partial charge < -0.3 is 24.8 Å². The molecule has 0 fully saturated rings. The number of rotatable bonds is 7. The van der Waals surface area contributed by atoms with Crippen LogP contribution in [0, 0.1) is 0 Å². The molecule has 0 aliphatic heterocycles. The summed E-state index contributed by atoms with van der Waals surface area (Å²) in [5.74, 6) is 0. The van der Waals surface area contributed by atoms with Crippen LogP contribution < -0.4 is 24.8 Å². The molecule has 0 unspecified atom stereocenters. The maximum Gasteiger partial charge on any atom is -1.00 e. The predicted molar refractivity (Wildman–Crippen MR) is 142 cm³/mol. The van der Waals surface area contributed by atoms with E-state index < -0.39 is 37.7 Å². The monoisotopic (exact) mass is 606 g/mol. The molecular formula is C28H38Cl2OSi2Zr. The maximum absolute atomic E-state index is 6.30. The van der Waals surface area contributed by atoms with Crippen LogP contribution in [0.5, 0.6) is 0 Å². The van der Waals surface area contributed by atoms with Gasteiger partial charge in [0.1, 0.15) is 0 Å². The maximum atomic E-state index is 6.30. The second kappa shape index (κ2) is 11.8. The van der Waals surface area contributed by atoms with E-state index in [1.54, 1.807) is 19.5 Å².